The summed E-state index contributed by atoms with van der Waals surface area (Å²) in [6.45, 7) is 2.16. The van der Waals surface area contributed by atoms with Crippen molar-refractivity contribution in [3.05, 3.63) is 11.6 Å². The van der Waals surface area contributed by atoms with Crippen LogP contribution >= 0.6 is 0 Å². The van der Waals surface area contributed by atoms with Gasteiger partial charge in [0, 0.05) is 13.1 Å². The van der Waals surface area contributed by atoms with E-state index in [1.165, 1.54) is 0 Å². The summed E-state index contributed by atoms with van der Waals surface area (Å²) in [6.07, 6.45) is 0. The minimum Gasteiger partial charge on any atom is -0.475 e. The van der Waals surface area contributed by atoms with Crippen molar-refractivity contribution in [1.82, 2.24) is 19.7 Å². The molecule has 0 aromatic carbocycles. The van der Waals surface area contributed by atoms with E-state index in [9.17, 15) is 4.79 Å². The first-order chi connectivity index (χ1) is 6.18. The Kier molecular flexibility index (Phi) is 1.77. The van der Waals surface area contributed by atoms with Crippen molar-refractivity contribution in [2.75, 3.05) is 13.6 Å². The Hall–Kier alpha value is -1.43. The molecule has 2 heterocycles. The summed E-state index contributed by atoms with van der Waals surface area (Å²) in [7, 11) is 1.97. The Labute approximate surface area is 74.8 Å². The monoisotopic (exact) mass is 182 g/mol. The lowest BCUT2D eigenvalue weighted by atomic mass is 10.4. The van der Waals surface area contributed by atoms with Gasteiger partial charge in [0.2, 0.25) is 5.82 Å². The first-order valence-corrected chi connectivity index (χ1v) is 4.02. The highest BCUT2D eigenvalue weighted by atomic mass is 16.4. The van der Waals surface area contributed by atoms with Crippen LogP contribution in [0.25, 0.3) is 0 Å². The SMILES string of the molecule is CN1CCn2c(nnc2C(=O)O)C1. The second-order valence-electron chi connectivity index (χ2n) is 3.13. The Balaban J connectivity index is 2.39. The van der Waals surface area contributed by atoms with E-state index < -0.39 is 5.97 Å². The van der Waals surface area contributed by atoms with Crippen LogP contribution in [0, 0.1) is 0 Å². The molecule has 2 rings (SSSR count). The van der Waals surface area contributed by atoms with Crippen molar-refractivity contribution in [3.8, 4) is 0 Å². The summed E-state index contributed by atoms with van der Waals surface area (Å²) in [5, 5.41) is 16.2. The highest BCUT2D eigenvalue weighted by molar-refractivity contribution is 5.83. The zero-order valence-electron chi connectivity index (χ0n) is 7.27. The molecule has 0 saturated heterocycles. The molecular weight excluding hydrogens is 172 g/mol. The Bertz CT molecular complexity index is 346. The molecule has 1 aliphatic heterocycles. The molecule has 0 amide bonds. The molecule has 1 N–H and O–H groups in total. The molecule has 0 saturated carbocycles. The van der Waals surface area contributed by atoms with Gasteiger partial charge < -0.3 is 9.67 Å². The van der Waals surface area contributed by atoms with Crippen molar-refractivity contribution in [3.63, 3.8) is 0 Å². The molecule has 70 valence electrons. The minimum atomic E-state index is -1.01. The van der Waals surface area contributed by atoms with Crippen LogP contribution in [0.15, 0.2) is 0 Å². The maximum absolute atomic E-state index is 10.7. The average molecular weight is 182 g/mol. The highest BCUT2D eigenvalue weighted by Crippen LogP contribution is 2.10. The molecular formula is C7H10N4O2. The van der Waals surface area contributed by atoms with Gasteiger partial charge in [-0.05, 0) is 7.05 Å². The number of hydrogen-bond donors (Lipinski definition) is 1. The average Bonchev–Trinajstić information content (AvgIpc) is 2.46. The molecule has 6 nitrogen and oxygen atoms in total. The third-order valence-corrected chi connectivity index (χ3v) is 2.14. The number of rotatable bonds is 1. The second-order valence-corrected chi connectivity index (χ2v) is 3.13. The molecule has 0 spiro atoms. The van der Waals surface area contributed by atoms with Crippen LogP contribution in [0.2, 0.25) is 0 Å². The molecule has 0 atom stereocenters. The fraction of sp³-hybridized carbons (Fsp3) is 0.571. The van der Waals surface area contributed by atoms with Crippen LogP contribution in [0.1, 0.15) is 16.4 Å². The van der Waals surface area contributed by atoms with Crippen molar-refractivity contribution in [2.24, 2.45) is 0 Å². The van der Waals surface area contributed by atoms with E-state index in [2.05, 4.69) is 15.1 Å². The van der Waals surface area contributed by atoms with E-state index in [4.69, 9.17) is 5.11 Å². The van der Waals surface area contributed by atoms with Gasteiger partial charge in [-0.15, -0.1) is 10.2 Å². The molecule has 13 heavy (non-hydrogen) atoms. The molecule has 1 aliphatic rings. The third kappa shape index (κ3) is 1.29. The normalized spacial score (nSPS) is 17.0. The lowest BCUT2D eigenvalue weighted by Crippen LogP contribution is -2.31. The van der Waals surface area contributed by atoms with E-state index in [0.717, 1.165) is 12.4 Å². The molecule has 1 aromatic rings. The van der Waals surface area contributed by atoms with Gasteiger partial charge in [-0.25, -0.2) is 4.79 Å². The summed E-state index contributed by atoms with van der Waals surface area (Å²) in [5.74, 6) is -0.238. The van der Waals surface area contributed by atoms with Crippen molar-refractivity contribution < 1.29 is 9.90 Å². The van der Waals surface area contributed by atoms with E-state index >= 15 is 0 Å². The molecule has 6 heteroatoms. The smallest absolute Gasteiger partial charge is 0.374 e. The highest BCUT2D eigenvalue weighted by Gasteiger charge is 2.21. The third-order valence-electron chi connectivity index (χ3n) is 2.14. The number of aromatic carboxylic acids is 1. The van der Waals surface area contributed by atoms with Gasteiger partial charge in [0.05, 0.1) is 6.54 Å². The number of carboxylic acids is 1. The van der Waals surface area contributed by atoms with Gasteiger partial charge in [0.15, 0.2) is 0 Å². The number of likely N-dealkylation sites (N-methyl/N-ethyl adjacent to an activating group) is 1. The van der Waals surface area contributed by atoms with Gasteiger partial charge in [0.1, 0.15) is 5.82 Å². The largest absolute Gasteiger partial charge is 0.475 e. The second kappa shape index (κ2) is 2.81. The van der Waals surface area contributed by atoms with Crippen molar-refractivity contribution in [2.45, 2.75) is 13.1 Å². The molecule has 0 bridgehead atoms. The van der Waals surface area contributed by atoms with Gasteiger partial charge in [-0.1, -0.05) is 0 Å². The lowest BCUT2D eigenvalue weighted by molar-refractivity contribution is 0.0674. The summed E-state index contributed by atoms with van der Waals surface area (Å²) in [5.41, 5.74) is 0. The van der Waals surface area contributed by atoms with Gasteiger partial charge in [-0.3, -0.25) is 4.90 Å². The Morgan fingerprint density at radius 3 is 2.92 bits per heavy atom. The fourth-order valence-electron chi connectivity index (χ4n) is 1.44. The first-order valence-electron chi connectivity index (χ1n) is 4.02. The van der Waals surface area contributed by atoms with Crippen LogP contribution in [0.5, 0.6) is 0 Å². The van der Waals surface area contributed by atoms with Crippen LogP contribution < -0.4 is 0 Å². The topological polar surface area (TPSA) is 71.2 Å². The Morgan fingerprint density at radius 2 is 2.23 bits per heavy atom. The zero-order chi connectivity index (χ0) is 9.42. The van der Waals surface area contributed by atoms with Crippen LogP contribution in [0.3, 0.4) is 0 Å². The van der Waals surface area contributed by atoms with Crippen molar-refractivity contribution in [1.29, 1.82) is 0 Å². The van der Waals surface area contributed by atoms with Gasteiger partial charge >= 0.3 is 5.97 Å². The van der Waals surface area contributed by atoms with E-state index in [0.29, 0.717) is 13.1 Å². The summed E-state index contributed by atoms with van der Waals surface area (Å²) in [4.78, 5) is 12.8. The number of aromatic nitrogens is 3. The molecule has 1 aromatic heterocycles. The predicted octanol–water partition coefficient (Wildman–Crippen LogP) is -0.578. The van der Waals surface area contributed by atoms with E-state index in [1.807, 2.05) is 7.05 Å². The van der Waals surface area contributed by atoms with Gasteiger partial charge in [-0.2, -0.15) is 0 Å². The quantitative estimate of drug-likeness (QED) is 0.629. The summed E-state index contributed by atoms with van der Waals surface area (Å²) < 4.78 is 1.66. The maximum atomic E-state index is 10.7. The molecule has 0 fully saturated rings. The van der Waals surface area contributed by atoms with Crippen LogP contribution in [-0.4, -0.2) is 44.3 Å². The molecule has 0 aliphatic carbocycles. The number of nitrogens with zero attached hydrogens (tertiary/aromatic N) is 4. The van der Waals surface area contributed by atoms with Crippen LogP contribution in [-0.2, 0) is 13.1 Å². The standard InChI is InChI=1S/C7H10N4O2/c1-10-2-3-11-5(4-10)8-9-6(11)7(12)13/h2-4H2,1H3,(H,12,13). The van der Waals surface area contributed by atoms with Crippen molar-refractivity contribution >= 4 is 5.97 Å². The summed E-state index contributed by atoms with van der Waals surface area (Å²) >= 11 is 0. The maximum Gasteiger partial charge on any atom is 0.374 e. The predicted molar refractivity (Wildman–Crippen MR) is 43.3 cm³/mol. The molecule has 0 unspecified atom stereocenters. The van der Waals surface area contributed by atoms with Crippen LogP contribution in [0.4, 0.5) is 0 Å². The molecule has 0 radical (unpaired) electrons. The Morgan fingerprint density at radius 1 is 1.46 bits per heavy atom. The minimum absolute atomic E-state index is 0.0445. The number of fused-ring (bicyclic) bond motifs is 1. The summed E-state index contributed by atoms with van der Waals surface area (Å²) in [6, 6.07) is 0. The van der Waals surface area contributed by atoms with Gasteiger partial charge in [0.25, 0.3) is 0 Å². The number of carboxylic acid groups (broad SMARTS) is 1. The number of carbonyl (C=O) groups is 1. The van der Waals surface area contributed by atoms with E-state index in [1.54, 1.807) is 4.57 Å². The van der Waals surface area contributed by atoms with E-state index in [-0.39, 0.29) is 5.82 Å². The lowest BCUT2D eigenvalue weighted by Gasteiger charge is -2.22. The number of hydrogen-bond acceptors (Lipinski definition) is 4. The zero-order valence-corrected chi connectivity index (χ0v) is 7.27. The fourth-order valence-corrected chi connectivity index (χ4v) is 1.44. The first kappa shape index (κ1) is 8.18.